The molecule has 21 heavy (non-hydrogen) atoms. The number of anilines is 1. The van der Waals surface area contributed by atoms with Gasteiger partial charge in [0.25, 0.3) is 0 Å². The van der Waals surface area contributed by atoms with Crippen LogP contribution in [0.4, 0.5) is 5.69 Å². The van der Waals surface area contributed by atoms with Crippen LogP contribution < -0.4 is 5.32 Å². The molecule has 1 N–H and O–H groups in total. The molecule has 0 aliphatic heterocycles. The number of carbonyl (C=O) groups excluding carboxylic acids is 1. The average Bonchev–Trinajstić information content (AvgIpc) is 2.44. The van der Waals surface area contributed by atoms with Gasteiger partial charge in [-0.3, -0.25) is 4.79 Å². The van der Waals surface area contributed by atoms with Crippen LogP contribution in [-0.2, 0) is 4.79 Å². The van der Waals surface area contributed by atoms with Crippen molar-refractivity contribution in [2.45, 2.75) is 43.4 Å². The summed E-state index contributed by atoms with van der Waals surface area (Å²) in [5.74, 6) is 2.75. The number of halogens is 1. The number of carbonyl (C=O) groups is 1. The standard InChI is InChI=1S/C18H22BrNO/c19-17-14-7-12-6-13(8-14)10-18(17,9-12)11-16(21)20-15-4-2-1-3-5-15/h1-5,12-14,17H,6-11H2,(H,20,21). The topological polar surface area (TPSA) is 29.1 Å². The molecule has 3 unspecified atom stereocenters. The summed E-state index contributed by atoms with van der Waals surface area (Å²) in [6, 6.07) is 9.83. The number of nitrogens with one attached hydrogen (secondary N) is 1. The SMILES string of the molecule is O=C(CC12CC3CC(CC(C3)C1Br)C2)Nc1ccccc1. The molecular formula is C18H22BrNO. The predicted molar refractivity (Wildman–Crippen MR) is 88.4 cm³/mol. The molecule has 5 rings (SSSR count). The van der Waals surface area contributed by atoms with Crippen LogP contribution >= 0.6 is 15.9 Å². The maximum absolute atomic E-state index is 12.5. The second-order valence-electron chi connectivity index (χ2n) is 7.46. The van der Waals surface area contributed by atoms with Crippen molar-refractivity contribution in [1.29, 1.82) is 0 Å². The van der Waals surface area contributed by atoms with Crippen LogP contribution in [0.3, 0.4) is 0 Å². The Kier molecular flexibility index (Phi) is 3.36. The highest BCUT2D eigenvalue weighted by Crippen LogP contribution is 2.63. The summed E-state index contributed by atoms with van der Waals surface area (Å²) in [7, 11) is 0. The lowest BCUT2D eigenvalue weighted by molar-refractivity contribution is -0.123. The highest BCUT2D eigenvalue weighted by molar-refractivity contribution is 9.09. The fourth-order valence-electron chi connectivity index (χ4n) is 5.44. The van der Waals surface area contributed by atoms with E-state index >= 15 is 0 Å². The van der Waals surface area contributed by atoms with Gasteiger partial charge in [0.05, 0.1) is 0 Å². The monoisotopic (exact) mass is 347 g/mol. The number of para-hydroxylation sites is 1. The van der Waals surface area contributed by atoms with Crippen LogP contribution in [0, 0.1) is 23.2 Å². The van der Waals surface area contributed by atoms with E-state index in [1.54, 1.807) is 0 Å². The molecule has 4 bridgehead atoms. The van der Waals surface area contributed by atoms with Crippen LogP contribution in [-0.4, -0.2) is 10.7 Å². The summed E-state index contributed by atoms with van der Waals surface area (Å²) in [6.07, 6.45) is 7.36. The zero-order chi connectivity index (χ0) is 14.4. The molecule has 2 nitrogen and oxygen atoms in total. The van der Waals surface area contributed by atoms with Gasteiger partial charge in [-0.05, 0) is 67.4 Å². The van der Waals surface area contributed by atoms with Gasteiger partial charge in [0.15, 0.2) is 0 Å². The third-order valence-electron chi connectivity index (χ3n) is 5.90. The minimum absolute atomic E-state index is 0.188. The molecule has 0 aromatic heterocycles. The second-order valence-corrected chi connectivity index (χ2v) is 8.45. The number of hydrogen-bond donors (Lipinski definition) is 1. The van der Waals surface area contributed by atoms with Crippen molar-refractivity contribution in [3.8, 4) is 0 Å². The molecule has 3 atom stereocenters. The molecule has 1 amide bonds. The average molecular weight is 348 g/mol. The van der Waals surface area contributed by atoms with Crippen LogP contribution in [0.5, 0.6) is 0 Å². The largest absolute Gasteiger partial charge is 0.326 e. The zero-order valence-corrected chi connectivity index (χ0v) is 13.8. The van der Waals surface area contributed by atoms with Gasteiger partial charge in [0.2, 0.25) is 5.91 Å². The fourth-order valence-corrected chi connectivity index (χ4v) is 6.40. The smallest absolute Gasteiger partial charge is 0.224 e. The fraction of sp³-hybridized carbons (Fsp3) is 0.611. The maximum atomic E-state index is 12.5. The Morgan fingerprint density at radius 1 is 1.14 bits per heavy atom. The third-order valence-corrected chi connectivity index (χ3v) is 7.62. The number of alkyl halides is 1. The van der Waals surface area contributed by atoms with E-state index in [9.17, 15) is 4.79 Å². The highest BCUT2D eigenvalue weighted by atomic mass is 79.9. The van der Waals surface area contributed by atoms with Crippen molar-refractivity contribution in [2.75, 3.05) is 5.32 Å². The van der Waals surface area contributed by atoms with Gasteiger partial charge in [0.1, 0.15) is 0 Å². The Labute approximate surface area is 134 Å². The van der Waals surface area contributed by atoms with Crippen molar-refractivity contribution in [3.63, 3.8) is 0 Å². The number of hydrogen-bond acceptors (Lipinski definition) is 1. The summed E-state index contributed by atoms with van der Waals surface area (Å²) >= 11 is 3.97. The van der Waals surface area contributed by atoms with E-state index in [2.05, 4.69) is 21.2 Å². The Morgan fingerprint density at radius 2 is 1.81 bits per heavy atom. The van der Waals surface area contributed by atoms with Crippen molar-refractivity contribution < 1.29 is 4.79 Å². The van der Waals surface area contributed by atoms with E-state index in [0.29, 0.717) is 11.2 Å². The first-order valence-electron chi connectivity index (χ1n) is 8.14. The Balaban J connectivity index is 1.49. The molecular weight excluding hydrogens is 326 g/mol. The number of amides is 1. The van der Waals surface area contributed by atoms with E-state index in [1.165, 1.54) is 32.1 Å². The van der Waals surface area contributed by atoms with E-state index in [-0.39, 0.29) is 11.3 Å². The molecule has 4 saturated carbocycles. The second kappa shape index (κ2) is 5.12. The van der Waals surface area contributed by atoms with Crippen molar-refractivity contribution in [1.82, 2.24) is 0 Å². The molecule has 4 aliphatic carbocycles. The van der Waals surface area contributed by atoms with E-state index in [4.69, 9.17) is 0 Å². The highest BCUT2D eigenvalue weighted by Gasteiger charge is 2.56. The first-order valence-corrected chi connectivity index (χ1v) is 9.05. The van der Waals surface area contributed by atoms with Gasteiger partial charge >= 0.3 is 0 Å². The van der Waals surface area contributed by atoms with Crippen LogP contribution in [0.1, 0.15) is 38.5 Å². The van der Waals surface area contributed by atoms with Gasteiger partial charge in [-0.25, -0.2) is 0 Å². The molecule has 3 heteroatoms. The number of benzene rings is 1. The van der Waals surface area contributed by atoms with Crippen LogP contribution in [0.2, 0.25) is 0 Å². The first kappa shape index (κ1) is 13.8. The lowest BCUT2D eigenvalue weighted by atomic mass is 9.48. The lowest BCUT2D eigenvalue weighted by Gasteiger charge is -2.59. The predicted octanol–water partition coefficient (Wildman–Crippen LogP) is 4.61. The molecule has 1 aromatic rings. The quantitative estimate of drug-likeness (QED) is 0.795. The summed E-state index contributed by atoms with van der Waals surface area (Å²) in [5.41, 5.74) is 1.13. The summed E-state index contributed by atoms with van der Waals surface area (Å²) in [5, 5.41) is 3.08. The Hall–Kier alpha value is -0.830. The minimum Gasteiger partial charge on any atom is -0.326 e. The zero-order valence-electron chi connectivity index (χ0n) is 12.2. The van der Waals surface area contributed by atoms with E-state index < -0.39 is 0 Å². The van der Waals surface area contributed by atoms with E-state index in [1.807, 2.05) is 30.3 Å². The normalized spacial score (nSPS) is 40.2. The van der Waals surface area contributed by atoms with Crippen LogP contribution in [0.15, 0.2) is 30.3 Å². The molecule has 0 saturated heterocycles. The van der Waals surface area contributed by atoms with Crippen molar-refractivity contribution in [2.24, 2.45) is 23.2 Å². The van der Waals surface area contributed by atoms with Gasteiger partial charge in [-0.2, -0.15) is 0 Å². The van der Waals surface area contributed by atoms with Gasteiger partial charge in [0, 0.05) is 16.9 Å². The molecule has 0 spiro atoms. The lowest BCUT2D eigenvalue weighted by Crippen LogP contribution is -2.54. The molecule has 112 valence electrons. The van der Waals surface area contributed by atoms with E-state index in [0.717, 1.165) is 23.4 Å². The first-order chi connectivity index (χ1) is 10.1. The summed E-state index contributed by atoms with van der Waals surface area (Å²) in [6.45, 7) is 0. The summed E-state index contributed by atoms with van der Waals surface area (Å²) in [4.78, 5) is 13.1. The Morgan fingerprint density at radius 3 is 2.48 bits per heavy atom. The molecule has 4 aliphatic rings. The minimum atomic E-state index is 0.188. The molecule has 1 aromatic carbocycles. The van der Waals surface area contributed by atoms with Crippen LogP contribution in [0.25, 0.3) is 0 Å². The molecule has 0 heterocycles. The van der Waals surface area contributed by atoms with Crippen molar-refractivity contribution >= 4 is 27.5 Å². The Bertz CT molecular complexity index is 529. The van der Waals surface area contributed by atoms with Crippen molar-refractivity contribution in [3.05, 3.63) is 30.3 Å². The number of rotatable bonds is 3. The summed E-state index contributed by atoms with van der Waals surface area (Å²) < 4.78 is 0. The third kappa shape index (κ3) is 2.44. The molecule has 4 fully saturated rings. The molecule has 0 radical (unpaired) electrons. The van der Waals surface area contributed by atoms with Gasteiger partial charge in [-0.1, -0.05) is 34.1 Å². The van der Waals surface area contributed by atoms with Gasteiger partial charge < -0.3 is 5.32 Å². The maximum Gasteiger partial charge on any atom is 0.224 e. The van der Waals surface area contributed by atoms with Gasteiger partial charge in [-0.15, -0.1) is 0 Å².